The van der Waals surface area contributed by atoms with Crippen LogP contribution in [0.2, 0.25) is 0 Å². The largest absolute Gasteiger partial charge is 0.367 e. The van der Waals surface area contributed by atoms with Crippen LogP contribution in [0.3, 0.4) is 0 Å². The Bertz CT molecular complexity index is 572. The van der Waals surface area contributed by atoms with Crippen LogP contribution in [0.4, 0.5) is 5.82 Å². The number of nitrogens with zero attached hydrogens (tertiary/aromatic N) is 5. The minimum atomic E-state index is 0.486. The molecule has 0 atom stereocenters. The zero-order valence-corrected chi connectivity index (χ0v) is 10.1. The second kappa shape index (κ2) is 5.23. The first-order chi connectivity index (χ1) is 8.72. The van der Waals surface area contributed by atoms with Crippen LogP contribution in [0, 0.1) is 25.2 Å². The van der Waals surface area contributed by atoms with Crippen LogP contribution in [0.15, 0.2) is 10.9 Å². The highest BCUT2D eigenvalue weighted by atomic mass is 16.5. The molecule has 7 heteroatoms. The van der Waals surface area contributed by atoms with Crippen molar-refractivity contribution in [1.29, 1.82) is 5.26 Å². The molecule has 2 aromatic heterocycles. The normalized spacial score (nSPS) is 10.1. The van der Waals surface area contributed by atoms with E-state index in [1.54, 1.807) is 0 Å². The lowest BCUT2D eigenvalue weighted by Crippen LogP contribution is -2.10. The Morgan fingerprint density at radius 1 is 1.39 bits per heavy atom. The molecule has 0 saturated carbocycles. The number of nitriles is 1. The molecule has 0 aliphatic rings. The van der Waals surface area contributed by atoms with E-state index in [1.165, 1.54) is 6.33 Å². The number of nitrogens with one attached hydrogen (secondary N) is 1. The first-order valence-corrected chi connectivity index (χ1v) is 5.45. The third-order valence-electron chi connectivity index (χ3n) is 2.60. The molecule has 2 heterocycles. The number of rotatable bonds is 4. The number of hydrogen-bond donors (Lipinski definition) is 1. The molecule has 92 valence electrons. The van der Waals surface area contributed by atoms with E-state index in [1.807, 2.05) is 13.8 Å². The van der Waals surface area contributed by atoms with E-state index in [4.69, 9.17) is 9.78 Å². The Hall–Kier alpha value is -2.49. The number of hydrogen-bond acceptors (Lipinski definition) is 7. The summed E-state index contributed by atoms with van der Waals surface area (Å²) in [6.45, 7) is 4.23. The van der Waals surface area contributed by atoms with Crippen LogP contribution >= 0.6 is 0 Å². The van der Waals surface area contributed by atoms with Gasteiger partial charge in [-0.1, -0.05) is 5.16 Å². The van der Waals surface area contributed by atoms with Gasteiger partial charge in [0.2, 0.25) is 5.89 Å². The lowest BCUT2D eigenvalue weighted by atomic mass is 10.1. The molecular formula is C11H12N6O. The molecule has 0 amide bonds. The zero-order valence-electron chi connectivity index (χ0n) is 10.1. The smallest absolute Gasteiger partial charge is 0.228 e. The summed E-state index contributed by atoms with van der Waals surface area (Å²) in [5.74, 6) is 1.03. The van der Waals surface area contributed by atoms with Gasteiger partial charge in [-0.2, -0.15) is 15.3 Å². The van der Waals surface area contributed by atoms with Crippen molar-refractivity contribution >= 4 is 5.82 Å². The van der Waals surface area contributed by atoms with Gasteiger partial charge in [0.05, 0.1) is 5.69 Å². The van der Waals surface area contributed by atoms with Gasteiger partial charge in [-0.25, -0.2) is 0 Å². The zero-order chi connectivity index (χ0) is 13.0. The van der Waals surface area contributed by atoms with Crippen molar-refractivity contribution in [2.24, 2.45) is 0 Å². The van der Waals surface area contributed by atoms with Crippen molar-refractivity contribution in [2.45, 2.75) is 20.3 Å². The highest BCUT2D eigenvalue weighted by Crippen LogP contribution is 2.16. The fourth-order valence-corrected chi connectivity index (χ4v) is 1.46. The molecule has 0 aromatic carbocycles. The van der Waals surface area contributed by atoms with Crippen molar-refractivity contribution in [2.75, 3.05) is 11.9 Å². The Kier molecular flexibility index (Phi) is 3.48. The lowest BCUT2D eigenvalue weighted by molar-refractivity contribution is 0.379. The van der Waals surface area contributed by atoms with E-state index in [0.29, 0.717) is 30.2 Å². The van der Waals surface area contributed by atoms with Crippen molar-refractivity contribution in [3.05, 3.63) is 29.0 Å². The van der Waals surface area contributed by atoms with Gasteiger partial charge in [0.25, 0.3) is 0 Å². The second-order valence-corrected chi connectivity index (χ2v) is 3.76. The number of aryl methyl sites for hydroxylation is 1. The Morgan fingerprint density at radius 2 is 2.22 bits per heavy atom. The fourth-order valence-electron chi connectivity index (χ4n) is 1.46. The van der Waals surface area contributed by atoms with Crippen molar-refractivity contribution in [3.63, 3.8) is 0 Å². The summed E-state index contributed by atoms with van der Waals surface area (Å²) in [7, 11) is 0. The maximum Gasteiger partial charge on any atom is 0.228 e. The predicted octanol–water partition coefficient (Wildman–Crippen LogP) is 1.00. The van der Waals surface area contributed by atoms with Crippen LogP contribution in [0.1, 0.15) is 22.7 Å². The summed E-state index contributed by atoms with van der Waals surface area (Å²) < 4.78 is 4.87. The fraction of sp³-hybridized carbons (Fsp3) is 0.364. The highest BCUT2D eigenvalue weighted by molar-refractivity contribution is 5.55. The topological polar surface area (TPSA) is 101 Å². The highest BCUT2D eigenvalue weighted by Gasteiger charge is 2.10. The van der Waals surface area contributed by atoms with E-state index in [0.717, 1.165) is 11.3 Å². The van der Waals surface area contributed by atoms with Gasteiger partial charge in [-0.3, -0.25) is 0 Å². The van der Waals surface area contributed by atoms with E-state index in [9.17, 15) is 0 Å². The molecule has 7 nitrogen and oxygen atoms in total. The van der Waals surface area contributed by atoms with Crippen molar-refractivity contribution < 1.29 is 4.52 Å². The van der Waals surface area contributed by atoms with Crippen molar-refractivity contribution in [1.82, 2.24) is 20.3 Å². The summed E-state index contributed by atoms with van der Waals surface area (Å²) in [6.07, 6.45) is 1.92. The minimum Gasteiger partial charge on any atom is -0.367 e. The van der Waals surface area contributed by atoms with E-state index in [2.05, 4.69) is 31.7 Å². The second-order valence-electron chi connectivity index (χ2n) is 3.76. The van der Waals surface area contributed by atoms with Gasteiger partial charge in [-0.05, 0) is 19.4 Å². The van der Waals surface area contributed by atoms with E-state index >= 15 is 0 Å². The Labute approximate surface area is 104 Å². The molecule has 1 N–H and O–H groups in total. The van der Waals surface area contributed by atoms with Crippen molar-refractivity contribution in [3.8, 4) is 6.07 Å². The Balaban J connectivity index is 2.06. The summed E-state index contributed by atoms with van der Waals surface area (Å²) in [6, 6.07) is 2.13. The third-order valence-corrected chi connectivity index (χ3v) is 2.60. The van der Waals surface area contributed by atoms with E-state index < -0.39 is 0 Å². The minimum absolute atomic E-state index is 0.486. The molecule has 0 bridgehead atoms. The SMILES string of the molecule is Cc1nnc(NCCc2ncno2)c(C#N)c1C. The van der Waals surface area contributed by atoms with Crippen LogP contribution in [0.5, 0.6) is 0 Å². The summed E-state index contributed by atoms with van der Waals surface area (Å²) in [4.78, 5) is 3.90. The molecule has 18 heavy (non-hydrogen) atoms. The molecule has 2 aromatic rings. The molecule has 0 unspecified atom stereocenters. The van der Waals surface area contributed by atoms with Crippen LogP contribution in [0.25, 0.3) is 0 Å². The molecule has 0 spiro atoms. The number of aromatic nitrogens is 4. The van der Waals surface area contributed by atoms with Gasteiger partial charge < -0.3 is 9.84 Å². The molecule has 0 radical (unpaired) electrons. The first kappa shape index (κ1) is 12.0. The maximum absolute atomic E-state index is 9.11. The standard InChI is InChI=1S/C11H12N6O/c1-7-8(2)16-17-11(9(7)5-12)13-4-3-10-14-6-15-18-10/h6H,3-4H2,1-2H3,(H,13,17). The molecule has 0 aliphatic carbocycles. The predicted molar refractivity (Wildman–Crippen MR) is 62.7 cm³/mol. The molecule has 2 rings (SSSR count). The molecule has 0 fully saturated rings. The maximum atomic E-state index is 9.11. The first-order valence-electron chi connectivity index (χ1n) is 5.45. The van der Waals surface area contributed by atoms with Gasteiger partial charge in [0.1, 0.15) is 11.6 Å². The van der Waals surface area contributed by atoms with E-state index in [-0.39, 0.29) is 0 Å². The van der Waals surface area contributed by atoms with Gasteiger partial charge in [-0.15, -0.1) is 5.10 Å². The van der Waals surface area contributed by atoms with Crippen LogP contribution in [-0.2, 0) is 6.42 Å². The monoisotopic (exact) mass is 244 g/mol. The molecular weight excluding hydrogens is 232 g/mol. The van der Waals surface area contributed by atoms with Crippen LogP contribution in [-0.4, -0.2) is 26.9 Å². The molecule has 0 aliphatic heterocycles. The summed E-state index contributed by atoms with van der Waals surface area (Å²) >= 11 is 0. The van der Waals surface area contributed by atoms with Gasteiger partial charge in [0, 0.05) is 13.0 Å². The summed E-state index contributed by atoms with van der Waals surface area (Å²) in [5, 5.41) is 23.6. The lowest BCUT2D eigenvalue weighted by Gasteiger charge is -2.08. The third kappa shape index (κ3) is 2.43. The van der Waals surface area contributed by atoms with Gasteiger partial charge in [0.15, 0.2) is 12.1 Å². The van der Waals surface area contributed by atoms with Gasteiger partial charge >= 0.3 is 0 Å². The number of anilines is 1. The quantitative estimate of drug-likeness (QED) is 0.856. The Morgan fingerprint density at radius 3 is 2.89 bits per heavy atom. The molecule has 0 saturated heterocycles. The average molecular weight is 244 g/mol. The van der Waals surface area contributed by atoms with Crippen LogP contribution < -0.4 is 5.32 Å². The average Bonchev–Trinajstić information content (AvgIpc) is 2.87. The summed E-state index contributed by atoms with van der Waals surface area (Å²) in [5.41, 5.74) is 2.12.